The monoisotopic (exact) mass is 926 g/mol. The van der Waals surface area contributed by atoms with Crippen LogP contribution in [0.4, 0.5) is 4.39 Å². The minimum absolute atomic E-state index is 0.0187. The summed E-state index contributed by atoms with van der Waals surface area (Å²) in [6.45, 7) is 0.591. The van der Waals surface area contributed by atoms with Crippen molar-refractivity contribution in [1.29, 1.82) is 0 Å². The molecule has 12 heteroatoms. The van der Waals surface area contributed by atoms with Crippen molar-refractivity contribution in [2.24, 2.45) is 0 Å². The number of carbonyl (C=O) groups excluding carboxylic acids is 1. The van der Waals surface area contributed by atoms with Gasteiger partial charge in [0, 0.05) is 6.92 Å². The average molecular weight is 927 g/mol. The largest absolute Gasteiger partial charge is 0.460 e. The van der Waals surface area contributed by atoms with Gasteiger partial charge in [0.05, 0.1) is 52.9 Å². The lowest BCUT2D eigenvalue weighted by atomic mass is 9.94. The number of rotatable bonds is 23. The molecular formula is C56H59FO11. The molecule has 2 aliphatic heterocycles. The van der Waals surface area contributed by atoms with Crippen LogP contribution in [0, 0.1) is 0 Å². The highest BCUT2D eigenvalue weighted by Gasteiger charge is 2.59. The third-order valence-corrected chi connectivity index (χ3v) is 11.9. The smallest absolute Gasteiger partial charge is 0.302 e. The van der Waals surface area contributed by atoms with Gasteiger partial charge in [-0.2, -0.15) is 0 Å². The van der Waals surface area contributed by atoms with Crippen molar-refractivity contribution in [3.05, 3.63) is 215 Å². The zero-order chi connectivity index (χ0) is 46.9. The molecule has 8 atom stereocenters. The second kappa shape index (κ2) is 24.6. The summed E-state index contributed by atoms with van der Waals surface area (Å²) in [4.78, 5) is 12.7. The fourth-order valence-corrected chi connectivity index (χ4v) is 8.24. The van der Waals surface area contributed by atoms with Crippen LogP contribution in [0.2, 0.25) is 0 Å². The van der Waals surface area contributed by atoms with E-state index in [0.717, 1.165) is 33.4 Å². The highest BCUT2D eigenvalue weighted by molar-refractivity contribution is 5.66. The molecule has 68 heavy (non-hydrogen) atoms. The van der Waals surface area contributed by atoms with Crippen molar-refractivity contribution in [2.45, 2.75) is 94.8 Å². The van der Waals surface area contributed by atoms with Gasteiger partial charge in [0.25, 0.3) is 5.85 Å². The summed E-state index contributed by atoms with van der Waals surface area (Å²) in [7, 11) is 0. The van der Waals surface area contributed by atoms with Crippen molar-refractivity contribution in [3.63, 3.8) is 0 Å². The van der Waals surface area contributed by atoms with Crippen LogP contribution in [0.5, 0.6) is 0 Å². The Balaban J connectivity index is 1.14. The van der Waals surface area contributed by atoms with Gasteiger partial charge in [-0.3, -0.25) is 4.79 Å². The zero-order valence-electron chi connectivity index (χ0n) is 38.2. The Hall–Kier alpha value is -5.64. The predicted molar refractivity (Wildman–Crippen MR) is 251 cm³/mol. The molecule has 0 aliphatic carbocycles. The van der Waals surface area contributed by atoms with Crippen LogP contribution in [0.15, 0.2) is 182 Å². The van der Waals surface area contributed by atoms with E-state index in [9.17, 15) is 4.79 Å². The molecule has 2 fully saturated rings. The van der Waals surface area contributed by atoms with E-state index in [1.54, 1.807) is 0 Å². The quantitative estimate of drug-likeness (QED) is 0.0574. The Kier molecular flexibility index (Phi) is 17.6. The molecule has 356 valence electrons. The van der Waals surface area contributed by atoms with E-state index in [4.69, 9.17) is 47.4 Å². The van der Waals surface area contributed by atoms with Crippen LogP contribution in [-0.2, 0) is 91.8 Å². The predicted octanol–water partition coefficient (Wildman–Crippen LogP) is 9.50. The number of ether oxygens (including phenoxy) is 10. The Labute approximate surface area is 397 Å². The summed E-state index contributed by atoms with van der Waals surface area (Å²) in [5.41, 5.74) is 5.29. The molecule has 2 saturated heterocycles. The maximum atomic E-state index is 18.5. The van der Waals surface area contributed by atoms with Gasteiger partial charge in [0.15, 0.2) is 0 Å². The SMILES string of the molecule is CC(=O)OC[C@@]1(OC[C@@]2(F)OC[C@@H](OCc3ccccc3)[C@@H](OCc3ccccc3)[C@@H]2OCc2ccccc2)OC[C@@H](OCc2ccccc2)[C@@H](OCc2ccccc2)[C@@H]1OCc1ccccc1. The maximum absolute atomic E-state index is 18.5. The molecule has 0 spiro atoms. The lowest BCUT2D eigenvalue weighted by Crippen LogP contribution is -2.68. The standard InChI is InChI=1S/C56H59FO11/c1-42(58)65-41-56(54(64-37-48-30-18-7-19-31-48)52(62-35-46-26-14-5-15-27-46)50(39-67-56)60-33-44-22-10-3-11-23-44)68-40-55(57)53(63-36-47-28-16-6-17-29-47)51(61-34-45-24-12-4-13-25-45)49(38-66-55)59-32-43-20-8-2-9-21-43/h2-31,49-54H,32-41H2,1H3/t49-,50-,51-,52-,53+,54+,55-,56+/m1/s1. The van der Waals surface area contributed by atoms with Crippen molar-refractivity contribution in [3.8, 4) is 0 Å². The number of alkyl halides is 1. The van der Waals surface area contributed by atoms with Gasteiger partial charge in [0.2, 0.25) is 5.79 Å². The number of hydrogen-bond donors (Lipinski definition) is 0. The molecule has 2 heterocycles. The molecule has 6 aromatic rings. The van der Waals surface area contributed by atoms with Crippen LogP contribution in [-0.4, -0.2) is 80.7 Å². The first-order valence-corrected chi connectivity index (χ1v) is 23.0. The molecule has 8 rings (SSSR count). The van der Waals surface area contributed by atoms with Crippen molar-refractivity contribution in [2.75, 3.05) is 26.4 Å². The Morgan fingerprint density at radius 2 is 0.779 bits per heavy atom. The highest BCUT2D eigenvalue weighted by Crippen LogP contribution is 2.40. The Morgan fingerprint density at radius 3 is 1.16 bits per heavy atom. The Bertz CT molecular complexity index is 2370. The number of hydrogen-bond acceptors (Lipinski definition) is 11. The summed E-state index contributed by atoms with van der Waals surface area (Å²) in [6, 6.07) is 57.8. The maximum Gasteiger partial charge on any atom is 0.302 e. The molecule has 0 aromatic heterocycles. The summed E-state index contributed by atoms with van der Waals surface area (Å²) in [6.07, 6.45) is -5.93. The fourth-order valence-electron chi connectivity index (χ4n) is 8.24. The molecule has 0 N–H and O–H groups in total. The second-order valence-corrected chi connectivity index (χ2v) is 16.9. The van der Waals surface area contributed by atoms with Crippen LogP contribution in [0.3, 0.4) is 0 Å². The van der Waals surface area contributed by atoms with Gasteiger partial charge in [-0.25, -0.2) is 4.39 Å². The van der Waals surface area contributed by atoms with Crippen LogP contribution < -0.4 is 0 Å². The van der Waals surface area contributed by atoms with Crippen LogP contribution >= 0.6 is 0 Å². The molecule has 0 unspecified atom stereocenters. The molecule has 11 nitrogen and oxygen atoms in total. The van der Waals surface area contributed by atoms with Crippen LogP contribution in [0.25, 0.3) is 0 Å². The molecule has 0 amide bonds. The minimum atomic E-state index is -2.68. The van der Waals surface area contributed by atoms with Crippen molar-refractivity contribution < 1.29 is 56.6 Å². The molecule has 2 aliphatic rings. The third-order valence-electron chi connectivity index (χ3n) is 11.9. The summed E-state index contributed by atoms with van der Waals surface area (Å²) >= 11 is 0. The molecule has 6 aromatic carbocycles. The first kappa shape index (κ1) is 48.8. The minimum Gasteiger partial charge on any atom is -0.460 e. The second-order valence-electron chi connectivity index (χ2n) is 16.9. The fraction of sp³-hybridized carbons (Fsp3) is 0.339. The van der Waals surface area contributed by atoms with Gasteiger partial charge in [-0.15, -0.1) is 0 Å². The van der Waals surface area contributed by atoms with E-state index in [1.165, 1.54) is 6.92 Å². The summed E-state index contributed by atoms with van der Waals surface area (Å²) < 4.78 is 83.9. The Morgan fingerprint density at radius 1 is 0.456 bits per heavy atom. The van der Waals surface area contributed by atoms with Crippen molar-refractivity contribution in [1.82, 2.24) is 0 Å². The number of benzene rings is 6. The van der Waals surface area contributed by atoms with Gasteiger partial charge < -0.3 is 47.4 Å². The highest BCUT2D eigenvalue weighted by atomic mass is 19.2. The van der Waals surface area contributed by atoms with Gasteiger partial charge in [-0.1, -0.05) is 182 Å². The molecule has 0 radical (unpaired) electrons. The molecular weight excluding hydrogens is 868 g/mol. The van der Waals surface area contributed by atoms with Crippen LogP contribution in [0.1, 0.15) is 40.3 Å². The lowest BCUT2D eigenvalue weighted by molar-refractivity contribution is -0.394. The van der Waals surface area contributed by atoms with Gasteiger partial charge in [0.1, 0.15) is 49.8 Å². The number of esters is 1. The number of carbonyl (C=O) groups is 1. The van der Waals surface area contributed by atoms with Crippen molar-refractivity contribution >= 4 is 5.97 Å². The van der Waals surface area contributed by atoms with Gasteiger partial charge >= 0.3 is 5.97 Å². The summed E-state index contributed by atoms with van der Waals surface area (Å²) in [5, 5.41) is 0. The van der Waals surface area contributed by atoms with E-state index >= 15 is 4.39 Å². The third kappa shape index (κ3) is 13.5. The first-order chi connectivity index (χ1) is 33.4. The zero-order valence-corrected chi connectivity index (χ0v) is 38.2. The van der Waals surface area contributed by atoms with E-state index < -0.39 is 67.4 Å². The molecule has 0 bridgehead atoms. The number of halogens is 1. The first-order valence-electron chi connectivity index (χ1n) is 23.0. The van der Waals surface area contributed by atoms with E-state index in [2.05, 4.69) is 0 Å². The topological polar surface area (TPSA) is 109 Å². The van der Waals surface area contributed by atoms with E-state index in [0.29, 0.717) is 0 Å². The summed E-state index contributed by atoms with van der Waals surface area (Å²) in [5.74, 6) is -5.24. The van der Waals surface area contributed by atoms with Gasteiger partial charge in [-0.05, 0) is 33.4 Å². The normalized spacial score (nSPS) is 24.9. The van der Waals surface area contributed by atoms with E-state index in [-0.39, 0.29) is 52.9 Å². The lowest BCUT2D eigenvalue weighted by Gasteiger charge is -2.50. The molecule has 0 saturated carbocycles. The average Bonchev–Trinajstić information content (AvgIpc) is 3.39. The van der Waals surface area contributed by atoms with E-state index in [1.807, 2.05) is 182 Å².